The van der Waals surface area contributed by atoms with E-state index in [4.69, 9.17) is 11.6 Å². The molecule has 0 unspecified atom stereocenters. The van der Waals surface area contributed by atoms with Gasteiger partial charge in [0.05, 0.1) is 16.2 Å². The molecule has 1 fully saturated rings. The van der Waals surface area contributed by atoms with Crippen molar-refractivity contribution in [1.29, 1.82) is 0 Å². The van der Waals surface area contributed by atoms with Gasteiger partial charge in [-0.1, -0.05) is 71.9 Å². The van der Waals surface area contributed by atoms with Crippen LogP contribution in [0.1, 0.15) is 59.4 Å². The van der Waals surface area contributed by atoms with Crippen LogP contribution in [-0.4, -0.2) is 35.9 Å². The number of thioether (sulfide) groups is 1. The number of fused-ring (bicyclic) bond motifs is 1. The van der Waals surface area contributed by atoms with E-state index in [0.717, 1.165) is 36.6 Å². The first-order chi connectivity index (χ1) is 22.5. The zero-order chi connectivity index (χ0) is 33.4. The summed E-state index contributed by atoms with van der Waals surface area (Å²) in [5.74, 6) is -0.663. The molecule has 0 aliphatic carbocycles. The lowest BCUT2D eigenvalue weighted by atomic mass is 9.83. The minimum atomic E-state index is -4.59. The van der Waals surface area contributed by atoms with Crippen LogP contribution in [0.5, 0.6) is 0 Å². The Hall–Kier alpha value is -3.50. The Kier molecular flexibility index (Phi) is 11.6. The average Bonchev–Trinajstić information content (AvgIpc) is 3.31. The fraction of sp³-hybridized carbons (Fsp3) is 0.270. The van der Waals surface area contributed by atoms with Crippen LogP contribution in [0.2, 0.25) is 5.02 Å². The molecule has 10 heteroatoms. The van der Waals surface area contributed by atoms with E-state index in [1.165, 1.54) is 46.9 Å². The first-order valence-electron chi connectivity index (χ1n) is 15.3. The molecule has 2 aliphatic rings. The molecule has 4 aromatic rings. The molecular weight excluding hydrogens is 651 g/mol. The summed E-state index contributed by atoms with van der Waals surface area (Å²) >= 11 is 7.43. The average molecular weight is 685 g/mol. The fourth-order valence-electron chi connectivity index (χ4n) is 5.86. The number of hydrogen-bond donors (Lipinski definition) is 1. The number of hydrogen-bond acceptors (Lipinski definition) is 4. The van der Waals surface area contributed by atoms with Gasteiger partial charge in [-0.25, -0.2) is 8.78 Å². The van der Waals surface area contributed by atoms with Crippen molar-refractivity contribution in [3.63, 3.8) is 0 Å². The highest BCUT2D eigenvalue weighted by Crippen LogP contribution is 2.40. The number of benzene rings is 4. The summed E-state index contributed by atoms with van der Waals surface area (Å²) in [6, 6.07) is 24.5. The van der Waals surface area contributed by atoms with Gasteiger partial charge in [0.2, 0.25) is 0 Å². The van der Waals surface area contributed by atoms with Gasteiger partial charge in [0.15, 0.2) is 0 Å². The van der Waals surface area contributed by atoms with Gasteiger partial charge in [-0.15, -0.1) is 0 Å². The summed E-state index contributed by atoms with van der Waals surface area (Å²) in [6.45, 7) is 1.82. The number of nitrogens with zero attached hydrogens (tertiary/aromatic N) is 2. The maximum atomic E-state index is 13.4. The topological polar surface area (TPSA) is 35.8 Å². The molecule has 1 saturated heterocycles. The molecule has 0 spiro atoms. The number of aliphatic imine (C=N–C) groups is 1. The molecule has 0 radical (unpaired) electrons. The summed E-state index contributed by atoms with van der Waals surface area (Å²) in [7, 11) is 0. The number of halogens is 6. The van der Waals surface area contributed by atoms with E-state index in [0.29, 0.717) is 25.9 Å². The minimum Gasteiger partial charge on any atom is -0.385 e. The Morgan fingerprint density at radius 3 is 2.11 bits per heavy atom. The number of alkyl halides is 3. The molecule has 2 aliphatic heterocycles. The zero-order valence-electron chi connectivity index (χ0n) is 25.4. The molecule has 1 N–H and O–H groups in total. The maximum Gasteiger partial charge on any atom is 0.417 e. The summed E-state index contributed by atoms with van der Waals surface area (Å²) in [4.78, 5) is 7.54. The van der Waals surface area contributed by atoms with E-state index in [2.05, 4.69) is 22.0 Å². The lowest BCUT2D eigenvalue weighted by molar-refractivity contribution is -0.137. The second kappa shape index (κ2) is 15.6. The van der Waals surface area contributed by atoms with Crippen molar-refractivity contribution in [3.05, 3.63) is 147 Å². The maximum absolute atomic E-state index is 13.4. The highest BCUT2D eigenvalue weighted by atomic mass is 35.5. The SMILES string of the molecule is C1=CSc2ccccc2C=N1.OC1(c2ccc(Cl)c(C(F)(F)F)c2)CCN(CCCC(c2ccc(F)cc2)c2ccc(F)cc2)CC1. The molecule has 246 valence electrons. The lowest BCUT2D eigenvalue weighted by Gasteiger charge is -2.39. The molecule has 6 rings (SSSR count). The Labute approximate surface area is 280 Å². The van der Waals surface area contributed by atoms with Crippen LogP contribution in [0.15, 0.2) is 112 Å². The van der Waals surface area contributed by atoms with Crippen LogP contribution in [0.4, 0.5) is 22.0 Å². The normalized spacial score (nSPS) is 15.9. The molecule has 47 heavy (non-hydrogen) atoms. The van der Waals surface area contributed by atoms with Gasteiger partial charge in [-0.05, 0) is 96.8 Å². The summed E-state index contributed by atoms with van der Waals surface area (Å²) in [5.41, 5.74) is 1.03. The van der Waals surface area contributed by atoms with Gasteiger partial charge in [0.1, 0.15) is 11.6 Å². The van der Waals surface area contributed by atoms with Crippen molar-refractivity contribution >= 4 is 29.6 Å². The van der Waals surface area contributed by atoms with Crippen LogP contribution in [0, 0.1) is 11.6 Å². The lowest BCUT2D eigenvalue weighted by Crippen LogP contribution is -2.43. The van der Waals surface area contributed by atoms with Crippen LogP contribution in [0.3, 0.4) is 0 Å². The second-order valence-corrected chi connectivity index (χ2v) is 12.9. The fourth-order valence-corrected chi connectivity index (χ4v) is 6.78. The smallest absolute Gasteiger partial charge is 0.385 e. The first-order valence-corrected chi connectivity index (χ1v) is 16.5. The Morgan fingerprint density at radius 2 is 1.49 bits per heavy atom. The standard InChI is InChI=1S/C28H27ClF5NO.C9H7NS/c29-26-12-7-21(18-25(26)28(32,33)34)27(36)13-16-35(17-14-27)15-1-2-24(19-3-8-22(30)9-4-19)20-5-10-23(31)11-6-20;1-2-4-9-8(3-1)7-10-5-6-11-9/h3-12,18,24,36H,1-2,13-17H2;1-7H. The number of piperidine rings is 1. The quantitative estimate of drug-likeness (QED) is 0.197. The molecule has 3 nitrogen and oxygen atoms in total. The third kappa shape index (κ3) is 9.32. The molecule has 0 bridgehead atoms. The largest absolute Gasteiger partial charge is 0.417 e. The van der Waals surface area contributed by atoms with Crippen molar-refractivity contribution < 1.29 is 27.1 Å². The Morgan fingerprint density at radius 1 is 0.872 bits per heavy atom. The van der Waals surface area contributed by atoms with Crippen LogP contribution >= 0.6 is 23.4 Å². The number of rotatable bonds is 7. The van der Waals surface area contributed by atoms with Crippen molar-refractivity contribution in [2.45, 2.75) is 48.3 Å². The summed E-state index contributed by atoms with van der Waals surface area (Å²) < 4.78 is 66.7. The number of aliphatic hydroxyl groups is 1. The molecule has 0 atom stereocenters. The predicted octanol–water partition coefficient (Wildman–Crippen LogP) is 10.2. The Balaban J connectivity index is 0.000000330. The van der Waals surface area contributed by atoms with Gasteiger partial charge in [0, 0.05) is 41.9 Å². The van der Waals surface area contributed by atoms with Crippen molar-refractivity contribution in [1.82, 2.24) is 4.90 Å². The molecule has 0 saturated carbocycles. The van der Waals surface area contributed by atoms with Gasteiger partial charge in [-0.2, -0.15) is 13.2 Å². The van der Waals surface area contributed by atoms with E-state index >= 15 is 0 Å². The third-order valence-electron chi connectivity index (χ3n) is 8.48. The molecular formula is C37H34ClF5N2OS. The second-order valence-electron chi connectivity index (χ2n) is 11.6. The van der Waals surface area contributed by atoms with E-state index in [-0.39, 0.29) is 28.1 Å². The summed E-state index contributed by atoms with van der Waals surface area (Å²) in [6.07, 6.45) is 1.28. The van der Waals surface area contributed by atoms with Crippen LogP contribution in [0.25, 0.3) is 0 Å². The van der Waals surface area contributed by atoms with Crippen molar-refractivity contribution in [2.75, 3.05) is 19.6 Å². The number of likely N-dealkylation sites (tertiary alicyclic amines) is 1. The molecule has 2 heterocycles. The minimum absolute atomic E-state index is 0.0252. The zero-order valence-corrected chi connectivity index (χ0v) is 27.0. The predicted molar refractivity (Wildman–Crippen MR) is 179 cm³/mol. The van der Waals surface area contributed by atoms with Crippen molar-refractivity contribution in [3.8, 4) is 0 Å². The van der Waals surface area contributed by atoms with Crippen LogP contribution < -0.4 is 0 Å². The highest BCUT2D eigenvalue weighted by Gasteiger charge is 2.38. The van der Waals surface area contributed by atoms with Gasteiger partial charge < -0.3 is 10.0 Å². The van der Waals surface area contributed by atoms with Gasteiger partial charge >= 0.3 is 6.18 Å². The monoisotopic (exact) mass is 684 g/mol. The van der Waals surface area contributed by atoms with E-state index in [9.17, 15) is 27.1 Å². The van der Waals surface area contributed by atoms with E-state index in [1.54, 1.807) is 36.0 Å². The summed E-state index contributed by atoms with van der Waals surface area (Å²) in [5, 5.41) is 12.7. The van der Waals surface area contributed by atoms with Gasteiger partial charge in [0.25, 0.3) is 0 Å². The first kappa shape index (κ1) is 34.8. The van der Waals surface area contributed by atoms with Gasteiger partial charge in [-0.3, -0.25) is 4.99 Å². The van der Waals surface area contributed by atoms with E-state index < -0.39 is 17.3 Å². The highest BCUT2D eigenvalue weighted by molar-refractivity contribution is 8.02. The third-order valence-corrected chi connectivity index (χ3v) is 9.69. The molecule has 0 amide bonds. The molecule has 4 aromatic carbocycles. The molecule has 0 aromatic heterocycles. The van der Waals surface area contributed by atoms with Crippen LogP contribution in [-0.2, 0) is 11.8 Å². The Bertz CT molecular complexity index is 1640. The van der Waals surface area contributed by atoms with E-state index in [1.807, 2.05) is 30.0 Å². The van der Waals surface area contributed by atoms with Crippen molar-refractivity contribution in [2.24, 2.45) is 4.99 Å².